The molecule has 158 valence electrons. The van der Waals surface area contributed by atoms with Crippen LogP contribution in [0, 0.1) is 0 Å². The van der Waals surface area contributed by atoms with Gasteiger partial charge in [0.15, 0.2) is 5.13 Å². The second-order valence-electron chi connectivity index (χ2n) is 7.45. The van der Waals surface area contributed by atoms with Crippen LogP contribution < -0.4 is 10.6 Å². The maximum Gasteiger partial charge on any atom is 0.323 e. The molecule has 4 amide bonds. The van der Waals surface area contributed by atoms with E-state index in [0.29, 0.717) is 43.5 Å². The van der Waals surface area contributed by atoms with Crippen molar-refractivity contribution in [1.29, 1.82) is 0 Å². The first-order chi connectivity index (χ1) is 14.0. The van der Waals surface area contributed by atoms with E-state index in [9.17, 15) is 14.4 Å². The van der Waals surface area contributed by atoms with Crippen LogP contribution in [0.1, 0.15) is 44.7 Å². The lowest BCUT2D eigenvalue weighted by Crippen LogP contribution is -2.51. The van der Waals surface area contributed by atoms with Gasteiger partial charge in [-0.3, -0.25) is 14.9 Å². The second kappa shape index (κ2) is 10.4. The molecule has 0 atom stereocenters. The first-order valence-corrected chi connectivity index (χ1v) is 11.1. The number of anilines is 1. The number of allylic oxidation sites excluding steroid dienone is 1. The molecule has 0 radical (unpaired) electrons. The Bertz CT molecular complexity index is 768. The van der Waals surface area contributed by atoms with Crippen LogP contribution in [0.5, 0.6) is 0 Å². The van der Waals surface area contributed by atoms with Crippen molar-refractivity contribution in [1.82, 2.24) is 20.1 Å². The molecule has 0 unspecified atom stereocenters. The van der Waals surface area contributed by atoms with Gasteiger partial charge in [-0.25, -0.2) is 9.78 Å². The van der Waals surface area contributed by atoms with Crippen molar-refractivity contribution in [3.63, 3.8) is 0 Å². The smallest absolute Gasteiger partial charge is 0.323 e. The minimum absolute atomic E-state index is 0.0309. The topological polar surface area (TPSA) is 94.6 Å². The van der Waals surface area contributed by atoms with Crippen molar-refractivity contribution in [2.45, 2.75) is 45.4 Å². The van der Waals surface area contributed by atoms with Gasteiger partial charge >= 0.3 is 6.03 Å². The third-order valence-corrected chi connectivity index (χ3v) is 6.08. The van der Waals surface area contributed by atoms with Crippen molar-refractivity contribution in [3.8, 4) is 0 Å². The van der Waals surface area contributed by atoms with Crippen LogP contribution in [0.2, 0.25) is 0 Å². The molecular weight excluding hydrogens is 390 g/mol. The van der Waals surface area contributed by atoms with Gasteiger partial charge in [0.2, 0.25) is 11.8 Å². The van der Waals surface area contributed by atoms with E-state index >= 15 is 0 Å². The monoisotopic (exact) mass is 419 g/mol. The zero-order valence-electron chi connectivity index (χ0n) is 16.9. The second-order valence-corrected chi connectivity index (χ2v) is 8.31. The number of urea groups is 1. The van der Waals surface area contributed by atoms with E-state index in [1.54, 1.807) is 15.2 Å². The Labute approximate surface area is 175 Å². The summed E-state index contributed by atoms with van der Waals surface area (Å²) in [6.45, 7) is 4.29. The number of nitrogens with zero attached hydrogens (tertiary/aromatic N) is 3. The SMILES string of the molecule is CC(=O)N1CCN(C(=O)Nc2nc(CC(=O)NCCC3=CCCCC3)cs2)CC1. The Kier molecular flexibility index (Phi) is 7.62. The van der Waals surface area contributed by atoms with E-state index < -0.39 is 0 Å². The molecule has 9 heteroatoms. The van der Waals surface area contributed by atoms with Gasteiger partial charge in [-0.05, 0) is 32.1 Å². The zero-order chi connectivity index (χ0) is 20.6. The Hall–Kier alpha value is -2.42. The summed E-state index contributed by atoms with van der Waals surface area (Å²) in [5.74, 6) is -0.0201. The summed E-state index contributed by atoms with van der Waals surface area (Å²) in [5.41, 5.74) is 2.10. The fourth-order valence-corrected chi connectivity index (χ4v) is 4.26. The van der Waals surface area contributed by atoms with Gasteiger partial charge < -0.3 is 15.1 Å². The molecule has 0 spiro atoms. The first kappa shape index (κ1) is 21.3. The van der Waals surface area contributed by atoms with Crippen LogP contribution in [0.25, 0.3) is 0 Å². The van der Waals surface area contributed by atoms with Crippen molar-refractivity contribution in [2.24, 2.45) is 0 Å². The summed E-state index contributed by atoms with van der Waals surface area (Å²) >= 11 is 1.31. The van der Waals surface area contributed by atoms with Gasteiger partial charge in [0.05, 0.1) is 12.1 Å². The third-order valence-electron chi connectivity index (χ3n) is 5.27. The van der Waals surface area contributed by atoms with Crippen molar-refractivity contribution in [2.75, 3.05) is 38.0 Å². The van der Waals surface area contributed by atoms with Crippen molar-refractivity contribution in [3.05, 3.63) is 22.7 Å². The minimum Gasteiger partial charge on any atom is -0.355 e. The summed E-state index contributed by atoms with van der Waals surface area (Å²) < 4.78 is 0. The number of nitrogens with one attached hydrogen (secondary N) is 2. The van der Waals surface area contributed by atoms with E-state index in [-0.39, 0.29) is 24.3 Å². The van der Waals surface area contributed by atoms with Crippen LogP contribution in [0.4, 0.5) is 9.93 Å². The van der Waals surface area contributed by atoms with E-state index in [4.69, 9.17) is 0 Å². The maximum atomic E-state index is 12.4. The molecule has 3 rings (SSSR count). The molecule has 1 saturated heterocycles. The standard InChI is InChI=1S/C20H29N5O3S/c1-15(26)24-9-11-25(12-10-24)20(28)23-19-22-17(14-29-19)13-18(27)21-8-7-16-5-3-2-4-6-16/h5,14H,2-4,6-13H2,1H3,(H,21,27)(H,22,23,28). The van der Waals surface area contributed by atoms with Gasteiger partial charge in [-0.2, -0.15) is 0 Å². The number of amides is 4. The fourth-order valence-electron chi connectivity index (χ4n) is 3.56. The number of aromatic nitrogens is 1. The fraction of sp³-hybridized carbons (Fsp3) is 0.600. The molecule has 1 fully saturated rings. The number of rotatable bonds is 6. The van der Waals surface area contributed by atoms with Gasteiger partial charge in [0.25, 0.3) is 0 Å². The molecular formula is C20H29N5O3S. The van der Waals surface area contributed by atoms with Crippen molar-refractivity contribution < 1.29 is 14.4 Å². The predicted octanol–water partition coefficient (Wildman–Crippen LogP) is 2.39. The third kappa shape index (κ3) is 6.56. The maximum absolute atomic E-state index is 12.4. The number of hydrogen-bond acceptors (Lipinski definition) is 5. The number of carbonyl (C=O) groups is 3. The summed E-state index contributed by atoms with van der Waals surface area (Å²) in [7, 11) is 0. The number of piperazine rings is 1. The van der Waals surface area contributed by atoms with Gasteiger partial charge in [0.1, 0.15) is 0 Å². The Morgan fingerprint density at radius 3 is 2.59 bits per heavy atom. The highest BCUT2D eigenvalue weighted by molar-refractivity contribution is 7.13. The summed E-state index contributed by atoms with van der Waals surface area (Å²) in [5, 5.41) is 8.02. The highest BCUT2D eigenvalue weighted by Crippen LogP contribution is 2.20. The molecule has 2 N–H and O–H groups in total. The Morgan fingerprint density at radius 2 is 1.90 bits per heavy atom. The molecule has 8 nitrogen and oxygen atoms in total. The van der Waals surface area contributed by atoms with E-state index in [0.717, 1.165) is 19.3 Å². The zero-order valence-corrected chi connectivity index (χ0v) is 17.7. The first-order valence-electron chi connectivity index (χ1n) is 10.2. The molecule has 2 aliphatic rings. The molecule has 0 aromatic carbocycles. The van der Waals surface area contributed by atoms with Crippen molar-refractivity contribution >= 4 is 34.3 Å². The van der Waals surface area contributed by atoms with Crippen LogP contribution in [0.15, 0.2) is 17.0 Å². The van der Waals surface area contributed by atoms with Gasteiger partial charge in [0, 0.05) is 45.0 Å². The minimum atomic E-state index is -0.223. The summed E-state index contributed by atoms with van der Waals surface area (Å²) in [6.07, 6.45) is 8.25. The number of thiazole rings is 1. The molecule has 1 aromatic heterocycles. The largest absolute Gasteiger partial charge is 0.355 e. The average molecular weight is 420 g/mol. The molecule has 0 bridgehead atoms. The summed E-state index contributed by atoms with van der Waals surface area (Å²) in [4.78, 5) is 43.6. The summed E-state index contributed by atoms with van der Waals surface area (Å²) in [6, 6.07) is -0.223. The number of hydrogen-bond donors (Lipinski definition) is 2. The Morgan fingerprint density at radius 1 is 1.14 bits per heavy atom. The quantitative estimate of drug-likeness (QED) is 0.692. The van der Waals surface area contributed by atoms with Crippen LogP contribution >= 0.6 is 11.3 Å². The lowest BCUT2D eigenvalue weighted by molar-refractivity contribution is -0.130. The molecule has 1 aliphatic carbocycles. The molecule has 0 saturated carbocycles. The lowest BCUT2D eigenvalue weighted by atomic mass is 9.97. The molecule has 2 heterocycles. The molecule has 1 aromatic rings. The van der Waals surface area contributed by atoms with E-state index in [2.05, 4.69) is 21.7 Å². The normalized spacial score (nSPS) is 16.9. The van der Waals surface area contributed by atoms with Crippen LogP contribution in [0.3, 0.4) is 0 Å². The lowest BCUT2D eigenvalue weighted by Gasteiger charge is -2.33. The van der Waals surface area contributed by atoms with Gasteiger partial charge in [-0.15, -0.1) is 11.3 Å². The van der Waals surface area contributed by atoms with Gasteiger partial charge in [-0.1, -0.05) is 11.6 Å². The highest BCUT2D eigenvalue weighted by atomic mass is 32.1. The number of carbonyl (C=O) groups excluding carboxylic acids is 3. The predicted molar refractivity (Wildman–Crippen MR) is 113 cm³/mol. The van der Waals surface area contributed by atoms with Crippen LogP contribution in [-0.2, 0) is 16.0 Å². The molecule has 29 heavy (non-hydrogen) atoms. The van der Waals surface area contributed by atoms with Crippen LogP contribution in [-0.4, -0.2) is 65.4 Å². The van der Waals surface area contributed by atoms with E-state index in [1.807, 2.05) is 0 Å². The molecule has 1 aliphatic heterocycles. The average Bonchev–Trinajstić information content (AvgIpc) is 3.15. The Balaban J connectivity index is 1.38. The van der Waals surface area contributed by atoms with E-state index in [1.165, 1.54) is 36.7 Å². The highest BCUT2D eigenvalue weighted by Gasteiger charge is 2.23.